The van der Waals surface area contributed by atoms with Gasteiger partial charge in [-0.1, -0.05) is 42.5 Å². The van der Waals surface area contributed by atoms with E-state index in [0.29, 0.717) is 17.8 Å². The van der Waals surface area contributed by atoms with Gasteiger partial charge in [0.1, 0.15) is 5.82 Å². The van der Waals surface area contributed by atoms with Gasteiger partial charge in [0, 0.05) is 32.8 Å². The maximum absolute atomic E-state index is 13.2. The van der Waals surface area contributed by atoms with E-state index in [9.17, 15) is 9.50 Å². The number of rotatable bonds is 7. The third kappa shape index (κ3) is 5.44. The van der Waals surface area contributed by atoms with Gasteiger partial charge in [-0.25, -0.2) is 4.39 Å². The van der Waals surface area contributed by atoms with Crippen molar-refractivity contribution in [2.24, 2.45) is 11.8 Å². The van der Waals surface area contributed by atoms with Crippen LogP contribution in [0.2, 0.25) is 0 Å². The van der Waals surface area contributed by atoms with E-state index in [1.165, 1.54) is 11.1 Å². The highest BCUT2D eigenvalue weighted by Crippen LogP contribution is 2.32. The predicted octanol–water partition coefficient (Wildman–Crippen LogP) is 4.14. The highest BCUT2D eigenvalue weighted by atomic mass is 19.1. The van der Waals surface area contributed by atoms with Crippen molar-refractivity contribution in [3.63, 3.8) is 0 Å². The van der Waals surface area contributed by atoms with E-state index in [-0.39, 0.29) is 12.4 Å². The summed E-state index contributed by atoms with van der Waals surface area (Å²) >= 11 is 0. The Bertz CT molecular complexity index is 743. The minimum absolute atomic E-state index is 0.151. The van der Waals surface area contributed by atoms with Crippen molar-refractivity contribution in [2.45, 2.75) is 31.7 Å². The van der Waals surface area contributed by atoms with Gasteiger partial charge in [0.2, 0.25) is 0 Å². The molecule has 0 aromatic heterocycles. The Morgan fingerprint density at radius 3 is 2.24 bits per heavy atom. The quantitative estimate of drug-likeness (QED) is 0.762. The van der Waals surface area contributed by atoms with Gasteiger partial charge in [0.25, 0.3) is 0 Å². The lowest BCUT2D eigenvalue weighted by molar-refractivity contribution is 0.159. The molecule has 0 spiro atoms. The van der Waals surface area contributed by atoms with Gasteiger partial charge in [-0.2, -0.15) is 0 Å². The third-order valence-electron chi connectivity index (χ3n) is 6.82. The van der Waals surface area contributed by atoms with Gasteiger partial charge >= 0.3 is 0 Å². The first-order valence-corrected chi connectivity index (χ1v) is 11.1. The van der Waals surface area contributed by atoms with Crippen LogP contribution in [0.15, 0.2) is 54.6 Å². The molecule has 2 aromatic carbocycles. The van der Waals surface area contributed by atoms with Crippen molar-refractivity contribution in [2.75, 3.05) is 39.3 Å². The van der Waals surface area contributed by atoms with Crippen LogP contribution in [0.4, 0.5) is 4.39 Å². The average molecular weight is 397 g/mol. The Labute approximate surface area is 174 Å². The van der Waals surface area contributed by atoms with Crippen LogP contribution in [-0.4, -0.2) is 54.2 Å². The number of likely N-dealkylation sites (tertiary alicyclic amines) is 2. The topological polar surface area (TPSA) is 26.7 Å². The van der Waals surface area contributed by atoms with Gasteiger partial charge in [0.15, 0.2) is 0 Å². The van der Waals surface area contributed by atoms with Crippen molar-refractivity contribution in [1.29, 1.82) is 0 Å². The van der Waals surface area contributed by atoms with Crippen LogP contribution in [-0.2, 0) is 6.54 Å². The van der Waals surface area contributed by atoms with Crippen LogP contribution < -0.4 is 0 Å². The molecule has 4 heteroatoms. The van der Waals surface area contributed by atoms with E-state index in [0.717, 1.165) is 58.5 Å². The highest BCUT2D eigenvalue weighted by molar-refractivity contribution is 5.21. The number of benzene rings is 2. The maximum Gasteiger partial charge on any atom is 0.123 e. The zero-order chi connectivity index (χ0) is 20.1. The smallest absolute Gasteiger partial charge is 0.123 e. The number of nitrogens with zero attached hydrogens (tertiary/aromatic N) is 2. The molecule has 2 unspecified atom stereocenters. The number of piperidine rings is 1. The first-order chi connectivity index (χ1) is 14.2. The number of hydrogen-bond acceptors (Lipinski definition) is 3. The van der Waals surface area contributed by atoms with Crippen LogP contribution in [0.25, 0.3) is 0 Å². The lowest BCUT2D eigenvalue weighted by Crippen LogP contribution is -2.38. The normalized spacial score (nSPS) is 24.2. The summed E-state index contributed by atoms with van der Waals surface area (Å²) in [6, 6.07) is 17.8. The Morgan fingerprint density at radius 2 is 1.55 bits per heavy atom. The summed E-state index contributed by atoms with van der Waals surface area (Å²) in [5.74, 6) is 1.62. The summed E-state index contributed by atoms with van der Waals surface area (Å²) in [6.07, 6.45) is 3.20. The van der Waals surface area contributed by atoms with Gasteiger partial charge in [-0.15, -0.1) is 0 Å². The fourth-order valence-corrected chi connectivity index (χ4v) is 5.22. The molecule has 29 heavy (non-hydrogen) atoms. The molecule has 156 valence electrons. The Kier molecular flexibility index (Phi) is 6.96. The Morgan fingerprint density at radius 1 is 0.862 bits per heavy atom. The van der Waals surface area contributed by atoms with E-state index in [1.807, 2.05) is 12.1 Å². The van der Waals surface area contributed by atoms with E-state index < -0.39 is 0 Å². The molecule has 2 aromatic rings. The molecule has 0 radical (unpaired) electrons. The monoisotopic (exact) mass is 396 g/mol. The average Bonchev–Trinajstić information content (AvgIpc) is 3.11. The lowest BCUT2D eigenvalue weighted by atomic mass is 9.88. The molecule has 2 saturated heterocycles. The molecule has 1 N–H and O–H groups in total. The van der Waals surface area contributed by atoms with E-state index in [2.05, 4.69) is 40.1 Å². The van der Waals surface area contributed by atoms with Crippen LogP contribution in [0.1, 0.15) is 36.3 Å². The molecule has 2 atom stereocenters. The molecule has 0 amide bonds. The van der Waals surface area contributed by atoms with E-state index in [4.69, 9.17) is 0 Å². The minimum Gasteiger partial charge on any atom is -0.396 e. The molecular weight excluding hydrogens is 363 g/mol. The molecule has 3 nitrogen and oxygen atoms in total. The molecule has 0 aliphatic carbocycles. The number of hydrogen-bond donors (Lipinski definition) is 1. The van der Waals surface area contributed by atoms with Crippen molar-refractivity contribution in [1.82, 2.24) is 9.80 Å². The van der Waals surface area contributed by atoms with Crippen LogP contribution in [0, 0.1) is 17.7 Å². The SMILES string of the molecule is OCCC1CN(Cc2ccccc2)CC1CN1CCC(c2ccc(F)cc2)CC1. The molecule has 2 heterocycles. The lowest BCUT2D eigenvalue weighted by Gasteiger charge is -2.34. The first-order valence-electron chi connectivity index (χ1n) is 11.1. The van der Waals surface area contributed by atoms with Crippen molar-refractivity contribution in [3.05, 3.63) is 71.5 Å². The van der Waals surface area contributed by atoms with Crippen molar-refractivity contribution < 1.29 is 9.50 Å². The second-order valence-corrected chi connectivity index (χ2v) is 8.84. The zero-order valence-corrected chi connectivity index (χ0v) is 17.2. The fraction of sp³-hybridized carbons (Fsp3) is 0.520. The molecule has 2 aliphatic rings. The van der Waals surface area contributed by atoms with Gasteiger partial charge in [-0.05, 0) is 73.4 Å². The molecule has 0 bridgehead atoms. The number of aliphatic hydroxyl groups is 1. The fourth-order valence-electron chi connectivity index (χ4n) is 5.22. The second kappa shape index (κ2) is 9.84. The summed E-state index contributed by atoms with van der Waals surface area (Å²) in [5.41, 5.74) is 2.65. The van der Waals surface area contributed by atoms with Gasteiger partial charge in [0.05, 0.1) is 0 Å². The Hall–Kier alpha value is -1.75. The maximum atomic E-state index is 13.2. The Balaban J connectivity index is 1.30. The predicted molar refractivity (Wildman–Crippen MR) is 115 cm³/mol. The summed E-state index contributed by atoms with van der Waals surface area (Å²) in [7, 11) is 0. The molecule has 2 aliphatic heterocycles. The first kappa shape index (κ1) is 20.5. The van der Waals surface area contributed by atoms with E-state index in [1.54, 1.807) is 12.1 Å². The largest absolute Gasteiger partial charge is 0.396 e. The second-order valence-electron chi connectivity index (χ2n) is 8.84. The minimum atomic E-state index is -0.151. The summed E-state index contributed by atoms with van der Waals surface area (Å²) in [5, 5.41) is 9.55. The van der Waals surface area contributed by atoms with E-state index >= 15 is 0 Å². The summed E-state index contributed by atoms with van der Waals surface area (Å²) < 4.78 is 13.2. The summed E-state index contributed by atoms with van der Waals surface area (Å²) in [4.78, 5) is 5.17. The molecule has 0 saturated carbocycles. The van der Waals surface area contributed by atoms with Gasteiger partial charge in [-0.3, -0.25) is 4.90 Å². The van der Waals surface area contributed by atoms with Gasteiger partial charge < -0.3 is 10.0 Å². The van der Waals surface area contributed by atoms with Crippen LogP contribution >= 0.6 is 0 Å². The third-order valence-corrected chi connectivity index (χ3v) is 6.82. The zero-order valence-electron chi connectivity index (χ0n) is 17.2. The molecule has 2 fully saturated rings. The number of halogens is 1. The summed E-state index contributed by atoms with van der Waals surface area (Å²) in [6.45, 7) is 6.86. The van der Waals surface area contributed by atoms with Crippen LogP contribution in [0.3, 0.4) is 0 Å². The molecular formula is C25H33FN2O. The van der Waals surface area contributed by atoms with Crippen molar-refractivity contribution in [3.8, 4) is 0 Å². The number of aliphatic hydroxyl groups excluding tert-OH is 1. The highest BCUT2D eigenvalue weighted by Gasteiger charge is 2.34. The standard InChI is InChI=1S/C25H33FN2O/c26-25-8-6-21(7-9-25)22-10-13-27(14-11-22)18-24-19-28(17-23(24)12-15-29)16-20-4-2-1-3-5-20/h1-9,22-24,29H,10-19H2. The van der Waals surface area contributed by atoms with Crippen LogP contribution in [0.5, 0.6) is 0 Å². The van der Waals surface area contributed by atoms with Crippen molar-refractivity contribution >= 4 is 0 Å². The molecule has 4 rings (SSSR count).